The first-order valence-electron chi connectivity index (χ1n) is 16.9. The number of halogens is 9. The van der Waals surface area contributed by atoms with Crippen LogP contribution in [0.1, 0.15) is 38.9 Å². The average Bonchev–Trinajstić information content (AvgIpc) is 3.60. The van der Waals surface area contributed by atoms with Crippen LogP contribution in [0.2, 0.25) is 0 Å². The summed E-state index contributed by atoms with van der Waals surface area (Å²) in [5.74, 6) is 0. The molecule has 0 atom stereocenters. The van der Waals surface area contributed by atoms with Gasteiger partial charge >= 0.3 is 18.5 Å². The van der Waals surface area contributed by atoms with Crippen LogP contribution in [0.3, 0.4) is 0 Å². The van der Waals surface area contributed by atoms with E-state index in [4.69, 9.17) is 0 Å². The number of hydrogen-bond acceptors (Lipinski definition) is 1. The molecular weight excluding hydrogens is 729 g/mol. The Bertz CT molecular complexity index is 2800. The molecule has 0 saturated carbocycles. The molecule has 0 bridgehead atoms. The van der Waals surface area contributed by atoms with Crippen LogP contribution in [0.25, 0.3) is 66.1 Å². The summed E-state index contributed by atoms with van der Waals surface area (Å²) in [5.41, 5.74) is 0.949. The summed E-state index contributed by atoms with van der Waals surface area (Å²) in [4.78, 5) is 0. The molecule has 2 heterocycles. The predicted octanol–water partition coefficient (Wildman–Crippen LogP) is 13.4. The summed E-state index contributed by atoms with van der Waals surface area (Å²) in [7, 11) is 0. The van der Waals surface area contributed by atoms with Crippen molar-refractivity contribution in [3.8, 4) is 28.6 Å². The number of rotatable bonds is 3. The van der Waals surface area contributed by atoms with Gasteiger partial charge in [0.05, 0.1) is 61.8 Å². The third kappa shape index (κ3) is 5.95. The number of aromatic nitrogens is 2. The van der Waals surface area contributed by atoms with Gasteiger partial charge in [0.15, 0.2) is 0 Å². The van der Waals surface area contributed by atoms with Crippen molar-refractivity contribution in [2.75, 3.05) is 0 Å². The summed E-state index contributed by atoms with van der Waals surface area (Å²) < 4.78 is 131. The number of fused-ring (bicyclic) bond motifs is 6. The molecule has 6 aromatic carbocycles. The Labute approximate surface area is 307 Å². The minimum absolute atomic E-state index is 0.0421. The number of benzene rings is 6. The molecule has 8 rings (SSSR count). The Kier molecular flexibility index (Phi) is 7.90. The fraction of sp³-hybridized carbons (Fsp3) is 0.140. The maximum Gasteiger partial charge on any atom is 0.416 e. The largest absolute Gasteiger partial charge is 0.416 e. The molecule has 0 N–H and O–H groups in total. The zero-order valence-electron chi connectivity index (χ0n) is 29.1. The van der Waals surface area contributed by atoms with E-state index in [-0.39, 0.29) is 55.4 Å². The van der Waals surface area contributed by atoms with E-state index >= 15 is 0 Å². The monoisotopic (exact) mass is 755 g/mol. The SMILES string of the molecule is Cc1cc(-c2c(-n3c4ccc(C)cc4c4cc(C)ccc43)cc(C#N)cc2-n2c3ccc(C(F)(F)F)cc3c3cc(C(F)(F)F)ccc32)cc(C(F)(F)F)c1. The van der Waals surface area contributed by atoms with Crippen molar-refractivity contribution < 1.29 is 39.5 Å². The van der Waals surface area contributed by atoms with Crippen molar-refractivity contribution in [2.45, 2.75) is 39.3 Å². The molecule has 0 amide bonds. The normalized spacial score (nSPS) is 12.7. The highest BCUT2D eigenvalue weighted by Gasteiger charge is 2.35. The molecule has 0 saturated heterocycles. The number of aryl methyl sites for hydroxylation is 3. The van der Waals surface area contributed by atoms with Crippen LogP contribution >= 0.6 is 0 Å². The smallest absolute Gasteiger partial charge is 0.308 e. The molecule has 0 spiro atoms. The molecule has 8 aromatic rings. The van der Waals surface area contributed by atoms with Gasteiger partial charge in [-0.25, -0.2) is 0 Å². The van der Waals surface area contributed by atoms with Gasteiger partial charge in [0, 0.05) is 27.1 Å². The second-order valence-corrected chi connectivity index (χ2v) is 13.8. The minimum atomic E-state index is -4.84. The first kappa shape index (κ1) is 35.8. The zero-order chi connectivity index (χ0) is 39.4. The van der Waals surface area contributed by atoms with Gasteiger partial charge in [0.25, 0.3) is 0 Å². The number of nitrogens with zero attached hydrogens (tertiary/aromatic N) is 3. The third-order valence-corrected chi connectivity index (χ3v) is 9.90. The van der Waals surface area contributed by atoms with Crippen molar-refractivity contribution in [3.63, 3.8) is 0 Å². The number of alkyl halides is 9. The van der Waals surface area contributed by atoms with Crippen LogP contribution in [0, 0.1) is 32.1 Å². The molecule has 0 fully saturated rings. The van der Waals surface area contributed by atoms with Crippen LogP contribution in [0.15, 0.2) is 103 Å². The third-order valence-electron chi connectivity index (χ3n) is 9.90. The molecule has 0 aliphatic rings. The van der Waals surface area contributed by atoms with Crippen molar-refractivity contribution in [2.24, 2.45) is 0 Å². The fourth-order valence-electron chi connectivity index (χ4n) is 7.56. The first-order chi connectivity index (χ1) is 25.8. The first-order valence-corrected chi connectivity index (χ1v) is 16.9. The highest BCUT2D eigenvalue weighted by molar-refractivity contribution is 6.12. The average molecular weight is 756 g/mol. The lowest BCUT2D eigenvalue weighted by Crippen LogP contribution is -2.08. The number of hydrogen-bond donors (Lipinski definition) is 0. The van der Waals surface area contributed by atoms with Gasteiger partial charge in [-0.05, 0) is 117 Å². The van der Waals surface area contributed by atoms with Crippen LogP contribution < -0.4 is 0 Å². The van der Waals surface area contributed by atoms with Crippen LogP contribution in [-0.2, 0) is 18.5 Å². The minimum Gasteiger partial charge on any atom is -0.308 e. The molecule has 0 aliphatic heterocycles. The summed E-state index contributed by atoms with van der Waals surface area (Å²) in [5, 5.41) is 11.8. The predicted molar refractivity (Wildman–Crippen MR) is 194 cm³/mol. The van der Waals surface area contributed by atoms with E-state index < -0.39 is 35.2 Å². The van der Waals surface area contributed by atoms with Crippen molar-refractivity contribution in [3.05, 3.63) is 142 Å². The lowest BCUT2D eigenvalue weighted by molar-refractivity contribution is -0.138. The Balaban J connectivity index is 1.61. The van der Waals surface area contributed by atoms with Gasteiger partial charge in [-0.1, -0.05) is 29.3 Å². The summed E-state index contributed by atoms with van der Waals surface area (Å²) >= 11 is 0. The maximum absolute atomic E-state index is 14.5. The Morgan fingerprint density at radius 1 is 0.436 bits per heavy atom. The van der Waals surface area contributed by atoms with Crippen LogP contribution in [0.5, 0.6) is 0 Å². The topological polar surface area (TPSA) is 33.6 Å². The molecule has 0 aliphatic carbocycles. The van der Waals surface area contributed by atoms with E-state index in [0.29, 0.717) is 11.0 Å². The van der Waals surface area contributed by atoms with Crippen molar-refractivity contribution >= 4 is 43.6 Å². The van der Waals surface area contributed by atoms with Gasteiger partial charge in [-0.15, -0.1) is 0 Å². The molecule has 0 radical (unpaired) electrons. The lowest BCUT2D eigenvalue weighted by Gasteiger charge is -2.22. The van der Waals surface area contributed by atoms with Crippen molar-refractivity contribution in [1.29, 1.82) is 5.26 Å². The standard InChI is InChI=1S/C43H26F9N3/c1-22-4-8-34-30(14-22)31-15-23(2)5-9-35(31)54(34)38-16-25(21-53)17-39(40(38)26-12-24(3)13-29(18-26)43(50,51)52)55-36-10-6-27(41(44,45)46)19-32(36)33-20-28(42(47,48)49)7-11-37(33)55/h4-20H,1-3H3. The van der Waals surface area contributed by atoms with Crippen molar-refractivity contribution in [1.82, 2.24) is 9.13 Å². The lowest BCUT2D eigenvalue weighted by atomic mass is 9.95. The van der Waals surface area contributed by atoms with E-state index in [2.05, 4.69) is 6.07 Å². The van der Waals surface area contributed by atoms with Gasteiger partial charge in [-0.2, -0.15) is 44.8 Å². The van der Waals surface area contributed by atoms with E-state index in [1.165, 1.54) is 29.7 Å². The highest BCUT2D eigenvalue weighted by atomic mass is 19.4. The summed E-state index contributed by atoms with van der Waals surface area (Å²) in [6.07, 6.45) is -14.5. The van der Waals surface area contributed by atoms with E-state index in [9.17, 15) is 44.8 Å². The molecule has 3 nitrogen and oxygen atoms in total. The van der Waals surface area contributed by atoms with Gasteiger partial charge in [-0.3, -0.25) is 0 Å². The molecule has 55 heavy (non-hydrogen) atoms. The summed E-state index contributed by atoms with van der Waals surface area (Å²) in [6.45, 7) is 5.33. The molecule has 276 valence electrons. The molecule has 2 aromatic heterocycles. The Hall–Kier alpha value is -6.22. The van der Waals surface area contributed by atoms with Crippen LogP contribution in [0.4, 0.5) is 39.5 Å². The van der Waals surface area contributed by atoms with Gasteiger partial charge in [0.2, 0.25) is 0 Å². The maximum atomic E-state index is 14.5. The van der Waals surface area contributed by atoms with Gasteiger partial charge < -0.3 is 9.13 Å². The van der Waals surface area contributed by atoms with Gasteiger partial charge in [0.1, 0.15) is 0 Å². The quantitative estimate of drug-likeness (QED) is 0.165. The Morgan fingerprint density at radius 3 is 1.24 bits per heavy atom. The molecule has 12 heteroatoms. The van der Waals surface area contributed by atoms with Crippen LogP contribution in [-0.4, -0.2) is 9.13 Å². The summed E-state index contributed by atoms with van der Waals surface area (Å²) in [6, 6.07) is 25.3. The second-order valence-electron chi connectivity index (χ2n) is 13.8. The molecule has 0 unspecified atom stereocenters. The molecular formula is C43H26F9N3. The zero-order valence-corrected chi connectivity index (χ0v) is 29.1. The van der Waals surface area contributed by atoms with E-state index in [1.807, 2.05) is 54.8 Å². The van der Waals surface area contributed by atoms with E-state index in [0.717, 1.165) is 70.4 Å². The highest BCUT2D eigenvalue weighted by Crippen LogP contribution is 2.46. The fourth-order valence-corrected chi connectivity index (χ4v) is 7.56. The second kappa shape index (κ2) is 12.1. The van der Waals surface area contributed by atoms with E-state index in [1.54, 1.807) is 0 Å². The Morgan fingerprint density at radius 2 is 0.836 bits per heavy atom. The number of nitriles is 1.